The molecule has 3 heterocycles. The molecule has 3 rings (SSSR count). The van der Waals surface area contributed by atoms with Gasteiger partial charge in [0.2, 0.25) is 0 Å². The fourth-order valence-electron chi connectivity index (χ4n) is 2.45. The molecule has 2 aromatic rings. The molecular formula is C13H15BrN4. The van der Waals surface area contributed by atoms with Gasteiger partial charge in [-0.05, 0) is 48.3 Å². The molecule has 1 aliphatic heterocycles. The number of aromatic nitrogens is 3. The lowest BCUT2D eigenvalue weighted by Crippen LogP contribution is -2.28. The summed E-state index contributed by atoms with van der Waals surface area (Å²) in [5.74, 6) is 1.07. The summed E-state index contributed by atoms with van der Waals surface area (Å²) in [4.78, 5) is 4.15. The third-order valence-corrected chi connectivity index (χ3v) is 4.03. The smallest absolute Gasteiger partial charge is 0.139 e. The molecule has 0 bridgehead atoms. The van der Waals surface area contributed by atoms with Gasteiger partial charge in [0, 0.05) is 24.0 Å². The van der Waals surface area contributed by atoms with E-state index in [1.165, 1.54) is 0 Å². The zero-order valence-electron chi connectivity index (χ0n) is 10.4. The monoisotopic (exact) mass is 306 g/mol. The van der Waals surface area contributed by atoms with Crippen LogP contribution in [-0.2, 0) is 0 Å². The summed E-state index contributed by atoms with van der Waals surface area (Å²) >= 11 is 3.66. The van der Waals surface area contributed by atoms with Crippen molar-refractivity contribution >= 4 is 21.7 Å². The molecule has 0 aromatic carbocycles. The van der Waals surface area contributed by atoms with Crippen molar-refractivity contribution in [1.29, 1.82) is 0 Å². The number of anilines is 1. The lowest BCUT2D eigenvalue weighted by molar-refractivity contribution is 0.414. The van der Waals surface area contributed by atoms with Crippen LogP contribution in [0.5, 0.6) is 0 Å². The standard InChI is InChI=1S/C13H15BrN4/c1-8-6-9(2)18-13(16-8)11(14)12(17-18)10-4-3-5-15-7-10/h3-5,7-9,16H,6H2,1-2H3. The number of hydrogen-bond donors (Lipinski definition) is 1. The predicted molar refractivity (Wildman–Crippen MR) is 75.6 cm³/mol. The summed E-state index contributed by atoms with van der Waals surface area (Å²) in [5, 5.41) is 8.19. The largest absolute Gasteiger partial charge is 0.367 e. The second kappa shape index (κ2) is 4.39. The van der Waals surface area contributed by atoms with Crippen molar-refractivity contribution in [3.05, 3.63) is 29.0 Å². The van der Waals surface area contributed by atoms with Crippen molar-refractivity contribution in [2.24, 2.45) is 0 Å². The highest BCUT2D eigenvalue weighted by Gasteiger charge is 2.26. The molecule has 1 N–H and O–H groups in total. The predicted octanol–water partition coefficient (Wildman–Crippen LogP) is 3.47. The SMILES string of the molecule is CC1CC(C)n2nc(-c3cccnc3)c(Br)c2N1. The van der Waals surface area contributed by atoms with E-state index in [9.17, 15) is 0 Å². The molecule has 2 atom stereocenters. The molecule has 2 aromatic heterocycles. The summed E-state index contributed by atoms with van der Waals surface area (Å²) in [6.45, 7) is 4.40. The number of pyridine rings is 1. The van der Waals surface area contributed by atoms with Crippen LogP contribution >= 0.6 is 15.9 Å². The van der Waals surface area contributed by atoms with E-state index in [0.29, 0.717) is 12.1 Å². The molecule has 0 saturated heterocycles. The number of fused-ring (bicyclic) bond motifs is 1. The molecule has 1 aliphatic rings. The Kier molecular flexibility index (Phi) is 2.86. The van der Waals surface area contributed by atoms with Gasteiger partial charge in [-0.15, -0.1) is 0 Å². The fourth-order valence-corrected chi connectivity index (χ4v) is 3.06. The van der Waals surface area contributed by atoms with E-state index in [-0.39, 0.29) is 0 Å². The summed E-state index contributed by atoms with van der Waals surface area (Å²) in [6.07, 6.45) is 4.71. The third kappa shape index (κ3) is 1.82. The van der Waals surface area contributed by atoms with Crippen LogP contribution in [0.25, 0.3) is 11.3 Å². The Morgan fingerprint density at radius 3 is 3.00 bits per heavy atom. The first-order valence-corrected chi connectivity index (χ1v) is 6.91. The number of nitrogens with one attached hydrogen (secondary N) is 1. The average molecular weight is 307 g/mol. The molecule has 0 spiro atoms. The van der Waals surface area contributed by atoms with E-state index in [1.807, 2.05) is 18.3 Å². The van der Waals surface area contributed by atoms with Gasteiger partial charge in [-0.25, -0.2) is 4.68 Å². The molecule has 18 heavy (non-hydrogen) atoms. The third-order valence-electron chi connectivity index (χ3n) is 3.28. The highest BCUT2D eigenvalue weighted by Crippen LogP contribution is 2.38. The Bertz CT molecular complexity index is 564. The molecule has 0 aliphatic carbocycles. The fraction of sp³-hybridized carbons (Fsp3) is 0.385. The number of hydrogen-bond acceptors (Lipinski definition) is 3. The average Bonchev–Trinajstić information content (AvgIpc) is 2.69. The van der Waals surface area contributed by atoms with Gasteiger partial charge in [-0.1, -0.05) is 0 Å². The summed E-state index contributed by atoms with van der Waals surface area (Å²) in [6, 6.07) is 4.85. The van der Waals surface area contributed by atoms with Crippen molar-refractivity contribution in [3.63, 3.8) is 0 Å². The van der Waals surface area contributed by atoms with Crippen LogP contribution in [-0.4, -0.2) is 20.8 Å². The Morgan fingerprint density at radius 1 is 1.44 bits per heavy atom. The minimum Gasteiger partial charge on any atom is -0.367 e. The second-order valence-corrected chi connectivity index (χ2v) is 5.62. The lowest BCUT2D eigenvalue weighted by Gasteiger charge is -2.28. The molecule has 0 fully saturated rings. The van der Waals surface area contributed by atoms with E-state index in [4.69, 9.17) is 5.10 Å². The van der Waals surface area contributed by atoms with Gasteiger partial charge in [0.05, 0.1) is 10.5 Å². The van der Waals surface area contributed by atoms with Gasteiger partial charge in [0.25, 0.3) is 0 Å². The van der Waals surface area contributed by atoms with Gasteiger partial charge in [0.15, 0.2) is 0 Å². The highest BCUT2D eigenvalue weighted by atomic mass is 79.9. The highest BCUT2D eigenvalue weighted by molar-refractivity contribution is 9.10. The van der Waals surface area contributed by atoms with Crippen molar-refractivity contribution in [2.75, 3.05) is 5.32 Å². The van der Waals surface area contributed by atoms with Gasteiger partial charge in [-0.3, -0.25) is 4.98 Å². The maximum atomic E-state index is 4.70. The molecule has 0 saturated carbocycles. The number of rotatable bonds is 1. The number of nitrogens with zero attached hydrogens (tertiary/aromatic N) is 3. The summed E-state index contributed by atoms with van der Waals surface area (Å²) < 4.78 is 3.08. The molecule has 4 nitrogen and oxygen atoms in total. The first kappa shape index (κ1) is 11.7. The first-order valence-electron chi connectivity index (χ1n) is 6.11. The lowest BCUT2D eigenvalue weighted by atomic mass is 10.1. The normalized spacial score (nSPS) is 22.4. The van der Waals surface area contributed by atoms with Crippen LogP contribution < -0.4 is 5.32 Å². The van der Waals surface area contributed by atoms with E-state index < -0.39 is 0 Å². The van der Waals surface area contributed by atoms with Gasteiger partial charge >= 0.3 is 0 Å². The van der Waals surface area contributed by atoms with Crippen LogP contribution in [0.15, 0.2) is 29.0 Å². The Labute approximate surface area is 115 Å². The second-order valence-electron chi connectivity index (χ2n) is 4.83. The Balaban J connectivity index is 2.12. The zero-order chi connectivity index (χ0) is 12.7. The van der Waals surface area contributed by atoms with Crippen LogP contribution in [0.1, 0.15) is 26.3 Å². The maximum absolute atomic E-state index is 4.70. The first-order chi connectivity index (χ1) is 8.66. The van der Waals surface area contributed by atoms with Crippen molar-refractivity contribution in [3.8, 4) is 11.3 Å². The van der Waals surface area contributed by atoms with Crippen molar-refractivity contribution < 1.29 is 0 Å². The van der Waals surface area contributed by atoms with Crippen molar-refractivity contribution in [2.45, 2.75) is 32.4 Å². The maximum Gasteiger partial charge on any atom is 0.139 e. The van der Waals surface area contributed by atoms with Crippen LogP contribution in [0.3, 0.4) is 0 Å². The Morgan fingerprint density at radius 2 is 2.28 bits per heavy atom. The summed E-state index contributed by atoms with van der Waals surface area (Å²) in [5.41, 5.74) is 1.99. The van der Waals surface area contributed by atoms with E-state index in [1.54, 1.807) is 6.20 Å². The molecule has 0 amide bonds. The van der Waals surface area contributed by atoms with E-state index in [2.05, 4.69) is 44.8 Å². The molecule has 94 valence electrons. The van der Waals surface area contributed by atoms with Gasteiger partial charge in [-0.2, -0.15) is 5.10 Å². The van der Waals surface area contributed by atoms with Crippen LogP contribution in [0.4, 0.5) is 5.82 Å². The minimum absolute atomic E-state index is 0.415. The minimum atomic E-state index is 0.415. The van der Waals surface area contributed by atoms with E-state index in [0.717, 1.165) is 28.0 Å². The molecule has 2 unspecified atom stereocenters. The van der Waals surface area contributed by atoms with Crippen LogP contribution in [0, 0.1) is 0 Å². The quantitative estimate of drug-likeness (QED) is 0.877. The van der Waals surface area contributed by atoms with E-state index >= 15 is 0 Å². The van der Waals surface area contributed by atoms with Crippen molar-refractivity contribution in [1.82, 2.24) is 14.8 Å². The van der Waals surface area contributed by atoms with Crippen LogP contribution in [0.2, 0.25) is 0 Å². The van der Waals surface area contributed by atoms with Gasteiger partial charge < -0.3 is 5.32 Å². The Hall–Kier alpha value is -1.36. The zero-order valence-corrected chi connectivity index (χ0v) is 12.0. The molecule has 5 heteroatoms. The topological polar surface area (TPSA) is 42.7 Å². The molecule has 0 radical (unpaired) electrons. The number of halogens is 1. The molecular weight excluding hydrogens is 292 g/mol. The van der Waals surface area contributed by atoms with Gasteiger partial charge in [0.1, 0.15) is 11.5 Å². The summed E-state index contributed by atoms with van der Waals surface area (Å²) in [7, 11) is 0.